The average Bonchev–Trinajstić information content (AvgIpc) is 2.47. The van der Waals surface area contributed by atoms with Gasteiger partial charge in [0.25, 0.3) is 0 Å². The minimum absolute atomic E-state index is 0.0133. The van der Waals surface area contributed by atoms with Gasteiger partial charge in [-0.3, -0.25) is 9.89 Å². The molecule has 0 radical (unpaired) electrons. The minimum atomic E-state index is -0.537. The van der Waals surface area contributed by atoms with Gasteiger partial charge in [0.1, 0.15) is 0 Å². The monoisotopic (exact) mass is 180 g/mol. The molecule has 4 nitrogen and oxygen atoms in total. The standard InChI is InChI=1S/C9H12N2O2/c1-2-6-9-7(11-10-6)3-5(12)4-8(9)13/h5,12H,2-4H2,1H3,(H,10,11). The molecule has 1 unspecified atom stereocenters. The van der Waals surface area contributed by atoms with Crippen LogP contribution in [-0.2, 0) is 12.8 Å². The summed E-state index contributed by atoms with van der Waals surface area (Å²) in [5.74, 6) is 0.0133. The van der Waals surface area contributed by atoms with E-state index in [4.69, 9.17) is 0 Å². The van der Waals surface area contributed by atoms with Crippen LogP contribution in [0.2, 0.25) is 0 Å². The number of nitrogens with one attached hydrogen (secondary N) is 1. The van der Waals surface area contributed by atoms with Crippen LogP contribution in [0.5, 0.6) is 0 Å². The third-order valence-electron chi connectivity index (χ3n) is 2.39. The number of aromatic nitrogens is 2. The van der Waals surface area contributed by atoms with E-state index in [0.29, 0.717) is 12.0 Å². The van der Waals surface area contributed by atoms with Gasteiger partial charge in [-0.05, 0) is 6.42 Å². The Morgan fingerprint density at radius 3 is 3.08 bits per heavy atom. The third kappa shape index (κ3) is 1.27. The Hall–Kier alpha value is -1.16. The maximum Gasteiger partial charge on any atom is 0.169 e. The lowest BCUT2D eigenvalue weighted by Crippen LogP contribution is -2.24. The predicted octanol–water partition coefficient (Wildman–Crippen LogP) is 0.462. The summed E-state index contributed by atoms with van der Waals surface area (Å²) in [4.78, 5) is 11.5. The Bertz CT molecular complexity index is 343. The van der Waals surface area contributed by atoms with Gasteiger partial charge in [0.15, 0.2) is 5.78 Å². The van der Waals surface area contributed by atoms with Gasteiger partial charge in [0.2, 0.25) is 0 Å². The van der Waals surface area contributed by atoms with Crippen LogP contribution in [0, 0.1) is 0 Å². The van der Waals surface area contributed by atoms with Gasteiger partial charge in [0.05, 0.1) is 17.4 Å². The first-order chi connectivity index (χ1) is 6.22. The van der Waals surface area contributed by atoms with E-state index in [1.807, 2.05) is 6.92 Å². The van der Waals surface area contributed by atoms with Gasteiger partial charge < -0.3 is 5.11 Å². The van der Waals surface area contributed by atoms with Crippen molar-refractivity contribution in [3.8, 4) is 0 Å². The van der Waals surface area contributed by atoms with Gasteiger partial charge in [-0.1, -0.05) is 6.92 Å². The normalized spacial score (nSPS) is 21.7. The molecule has 1 aliphatic carbocycles. The van der Waals surface area contributed by atoms with Crippen LogP contribution in [0.4, 0.5) is 0 Å². The van der Waals surface area contributed by atoms with Crippen LogP contribution in [0.25, 0.3) is 0 Å². The van der Waals surface area contributed by atoms with E-state index < -0.39 is 6.10 Å². The molecule has 0 amide bonds. The molecule has 70 valence electrons. The summed E-state index contributed by atoms with van der Waals surface area (Å²) >= 11 is 0. The van der Waals surface area contributed by atoms with E-state index in [9.17, 15) is 9.90 Å². The summed E-state index contributed by atoms with van der Waals surface area (Å²) in [6, 6.07) is 0. The lowest BCUT2D eigenvalue weighted by Gasteiger charge is -2.15. The molecule has 1 aromatic rings. The molecule has 2 rings (SSSR count). The van der Waals surface area contributed by atoms with Crippen molar-refractivity contribution in [2.24, 2.45) is 0 Å². The molecule has 1 aromatic heterocycles. The van der Waals surface area contributed by atoms with Crippen LogP contribution < -0.4 is 0 Å². The van der Waals surface area contributed by atoms with E-state index in [2.05, 4.69) is 10.2 Å². The average molecular weight is 180 g/mol. The first kappa shape index (κ1) is 8.44. The maximum absolute atomic E-state index is 11.5. The molecule has 0 fully saturated rings. The van der Waals surface area contributed by atoms with Crippen LogP contribution >= 0.6 is 0 Å². The highest BCUT2D eigenvalue weighted by atomic mass is 16.3. The van der Waals surface area contributed by atoms with Gasteiger partial charge in [0, 0.05) is 18.5 Å². The van der Waals surface area contributed by atoms with E-state index >= 15 is 0 Å². The van der Waals surface area contributed by atoms with E-state index in [0.717, 1.165) is 17.8 Å². The Kier molecular flexibility index (Phi) is 1.92. The molecule has 0 aliphatic heterocycles. The molecule has 0 spiro atoms. The first-order valence-corrected chi connectivity index (χ1v) is 4.49. The van der Waals surface area contributed by atoms with E-state index in [1.165, 1.54) is 0 Å². The summed E-state index contributed by atoms with van der Waals surface area (Å²) in [7, 11) is 0. The number of ketones is 1. The molecular formula is C9H12N2O2. The fraction of sp³-hybridized carbons (Fsp3) is 0.556. The summed E-state index contributed by atoms with van der Waals surface area (Å²) in [5.41, 5.74) is 2.33. The Morgan fingerprint density at radius 1 is 1.62 bits per heavy atom. The molecule has 1 atom stereocenters. The topological polar surface area (TPSA) is 66.0 Å². The van der Waals surface area contributed by atoms with E-state index in [-0.39, 0.29) is 12.2 Å². The van der Waals surface area contributed by atoms with Crippen LogP contribution in [0.1, 0.15) is 35.1 Å². The van der Waals surface area contributed by atoms with Crippen molar-refractivity contribution in [1.82, 2.24) is 10.2 Å². The van der Waals surface area contributed by atoms with Crippen molar-refractivity contribution in [2.45, 2.75) is 32.3 Å². The highest BCUT2D eigenvalue weighted by Gasteiger charge is 2.27. The number of fused-ring (bicyclic) bond motifs is 1. The predicted molar refractivity (Wildman–Crippen MR) is 46.6 cm³/mol. The third-order valence-corrected chi connectivity index (χ3v) is 2.39. The van der Waals surface area contributed by atoms with Crippen LogP contribution in [-0.4, -0.2) is 27.2 Å². The van der Waals surface area contributed by atoms with Crippen molar-refractivity contribution in [3.05, 3.63) is 17.0 Å². The molecule has 2 N–H and O–H groups in total. The smallest absolute Gasteiger partial charge is 0.169 e. The zero-order valence-electron chi connectivity index (χ0n) is 7.50. The number of carbonyl (C=O) groups excluding carboxylic acids is 1. The second-order valence-electron chi connectivity index (χ2n) is 3.36. The summed E-state index contributed by atoms with van der Waals surface area (Å²) in [6.45, 7) is 1.97. The largest absolute Gasteiger partial charge is 0.392 e. The zero-order valence-corrected chi connectivity index (χ0v) is 7.50. The van der Waals surface area contributed by atoms with Gasteiger partial charge >= 0.3 is 0 Å². The fourth-order valence-electron chi connectivity index (χ4n) is 1.78. The number of H-pyrrole nitrogens is 1. The van der Waals surface area contributed by atoms with Crippen molar-refractivity contribution >= 4 is 5.78 Å². The zero-order chi connectivity index (χ0) is 9.42. The number of hydrogen-bond acceptors (Lipinski definition) is 3. The number of Topliss-reactive ketones (excluding diaryl/α,β-unsaturated/α-hetero) is 1. The number of aliphatic hydroxyl groups is 1. The molecule has 0 saturated heterocycles. The Balaban J connectivity index is 2.46. The molecule has 0 bridgehead atoms. The highest BCUT2D eigenvalue weighted by Crippen LogP contribution is 2.22. The van der Waals surface area contributed by atoms with Crippen molar-refractivity contribution in [2.75, 3.05) is 0 Å². The minimum Gasteiger partial charge on any atom is -0.392 e. The molecule has 4 heteroatoms. The Labute approximate surface area is 76.0 Å². The SMILES string of the molecule is CCc1n[nH]c2c1C(=O)CC(O)C2. The quantitative estimate of drug-likeness (QED) is 0.660. The van der Waals surface area contributed by atoms with Crippen LogP contribution in [0.15, 0.2) is 0 Å². The van der Waals surface area contributed by atoms with Crippen molar-refractivity contribution in [3.63, 3.8) is 0 Å². The number of aliphatic hydroxyl groups excluding tert-OH is 1. The first-order valence-electron chi connectivity index (χ1n) is 4.49. The van der Waals surface area contributed by atoms with Crippen molar-refractivity contribution in [1.29, 1.82) is 0 Å². The number of nitrogens with zero attached hydrogens (tertiary/aromatic N) is 1. The number of aromatic amines is 1. The van der Waals surface area contributed by atoms with E-state index in [1.54, 1.807) is 0 Å². The number of aryl methyl sites for hydroxylation is 1. The van der Waals surface area contributed by atoms with Gasteiger partial charge in [-0.2, -0.15) is 5.10 Å². The molecule has 13 heavy (non-hydrogen) atoms. The molecular weight excluding hydrogens is 168 g/mol. The number of carbonyl (C=O) groups is 1. The number of hydrogen-bond donors (Lipinski definition) is 2. The fourth-order valence-corrected chi connectivity index (χ4v) is 1.78. The molecule has 1 heterocycles. The highest BCUT2D eigenvalue weighted by molar-refractivity contribution is 5.99. The lowest BCUT2D eigenvalue weighted by molar-refractivity contribution is 0.0851. The molecule has 0 aromatic carbocycles. The van der Waals surface area contributed by atoms with Crippen LogP contribution in [0.3, 0.4) is 0 Å². The summed E-state index contributed by atoms with van der Waals surface area (Å²) in [6.07, 6.45) is 0.978. The second-order valence-corrected chi connectivity index (χ2v) is 3.36. The summed E-state index contributed by atoms with van der Waals surface area (Å²) in [5, 5.41) is 16.2. The number of rotatable bonds is 1. The lowest BCUT2D eigenvalue weighted by atomic mass is 9.92. The van der Waals surface area contributed by atoms with Gasteiger partial charge in [-0.15, -0.1) is 0 Å². The van der Waals surface area contributed by atoms with Gasteiger partial charge in [-0.25, -0.2) is 0 Å². The van der Waals surface area contributed by atoms with Crippen molar-refractivity contribution < 1.29 is 9.90 Å². The molecule has 0 saturated carbocycles. The molecule has 1 aliphatic rings. The Morgan fingerprint density at radius 2 is 2.38 bits per heavy atom. The summed E-state index contributed by atoms with van der Waals surface area (Å²) < 4.78 is 0. The maximum atomic E-state index is 11.5. The second kappa shape index (κ2) is 2.96.